The molecule has 0 aromatic rings. The van der Waals surface area contributed by atoms with E-state index in [1.54, 1.807) is 0 Å². The van der Waals surface area contributed by atoms with Crippen molar-refractivity contribution in [2.24, 2.45) is 23.7 Å². The Kier molecular flexibility index (Phi) is 12.8. The van der Waals surface area contributed by atoms with Crippen LogP contribution in [0.3, 0.4) is 0 Å². The van der Waals surface area contributed by atoms with Crippen LogP contribution in [-0.2, 0) is 19.1 Å². The first-order chi connectivity index (χ1) is 13.8. The number of ketones is 1. The molecule has 0 spiro atoms. The third-order valence-corrected chi connectivity index (χ3v) is 5.45. The second-order valence-electron chi connectivity index (χ2n) is 9.10. The lowest BCUT2D eigenvalue weighted by Gasteiger charge is -2.28. The number of rotatable bonds is 14. The Morgan fingerprint density at radius 2 is 1.52 bits per heavy atom. The summed E-state index contributed by atoms with van der Waals surface area (Å²) in [6.45, 7) is 10.9. The second kappa shape index (κ2) is 14.5. The molecule has 0 unspecified atom stereocenters. The van der Waals surface area contributed by atoms with E-state index in [4.69, 9.17) is 4.74 Å². The molecule has 1 fully saturated rings. The lowest BCUT2D eigenvalue weighted by atomic mass is 9.78. The van der Waals surface area contributed by atoms with Gasteiger partial charge in [-0.15, -0.1) is 0 Å². The van der Waals surface area contributed by atoms with Crippen LogP contribution in [0.25, 0.3) is 0 Å². The molecule has 0 aromatic heterocycles. The molecule has 1 aliphatic rings. The summed E-state index contributed by atoms with van der Waals surface area (Å²) in [6.07, 6.45) is 6.04. The standard InChI is InChI=1S/C23H42N2O4/c1-17(2)16-29-14-6-13-24-21(26)7-5-8-22(27)25-15-19-9-11-20(12-10-19)23(28)18(3)4/h17-20H,5-16H2,1-4H3,(H,24,26)(H,25,27). The molecule has 0 bridgehead atoms. The molecule has 0 aromatic carbocycles. The zero-order chi connectivity index (χ0) is 21.6. The van der Waals surface area contributed by atoms with Crippen molar-refractivity contribution in [2.45, 2.75) is 79.1 Å². The number of hydrogen-bond acceptors (Lipinski definition) is 4. The minimum absolute atomic E-state index is 0.00481. The minimum Gasteiger partial charge on any atom is -0.381 e. The first kappa shape index (κ1) is 25.6. The van der Waals surface area contributed by atoms with Gasteiger partial charge in [0.05, 0.1) is 0 Å². The average Bonchev–Trinajstić information content (AvgIpc) is 2.68. The van der Waals surface area contributed by atoms with Gasteiger partial charge in [-0.05, 0) is 50.4 Å². The van der Waals surface area contributed by atoms with Crippen LogP contribution in [0.2, 0.25) is 0 Å². The fourth-order valence-corrected chi connectivity index (χ4v) is 3.69. The van der Waals surface area contributed by atoms with Gasteiger partial charge in [0.1, 0.15) is 5.78 Å². The fraction of sp³-hybridized carbons (Fsp3) is 0.870. The van der Waals surface area contributed by atoms with Crippen LogP contribution in [0.5, 0.6) is 0 Å². The number of ether oxygens (including phenoxy) is 1. The largest absolute Gasteiger partial charge is 0.381 e. The molecule has 0 aliphatic heterocycles. The third-order valence-electron chi connectivity index (χ3n) is 5.45. The number of nitrogens with one attached hydrogen (secondary N) is 2. The maximum atomic E-state index is 12.1. The molecular weight excluding hydrogens is 368 g/mol. The normalized spacial score (nSPS) is 19.4. The first-order valence-electron chi connectivity index (χ1n) is 11.4. The van der Waals surface area contributed by atoms with Crippen molar-refractivity contribution in [1.29, 1.82) is 0 Å². The fourth-order valence-electron chi connectivity index (χ4n) is 3.69. The topological polar surface area (TPSA) is 84.5 Å². The van der Waals surface area contributed by atoms with Gasteiger partial charge in [-0.3, -0.25) is 14.4 Å². The van der Waals surface area contributed by atoms with E-state index in [2.05, 4.69) is 24.5 Å². The second-order valence-corrected chi connectivity index (χ2v) is 9.10. The third kappa shape index (κ3) is 12.0. The summed E-state index contributed by atoms with van der Waals surface area (Å²) in [6, 6.07) is 0. The van der Waals surface area contributed by atoms with Crippen molar-refractivity contribution in [2.75, 3.05) is 26.3 Å². The molecular formula is C23H42N2O4. The maximum Gasteiger partial charge on any atom is 0.220 e. The Balaban J connectivity index is 2.01. The van der Waals surface area contributed by atoms with Gasteiger partial charge in [0.15, 0.2) is 0 Å². The van der Waals surface area contributed by atoms with Crippen molar-refractivity contribution in [3.8, 4) is 0 Å². The highest BCUT2D eigenvalue weighted by atomic mass is 16.5. The van der Waals surface area contributed by atoms with E-state index in [0.717, 1.165) is 38.7 Å². The molecule has 0 radical (unpaired) electrons. The molecule has 6 heteroatoms. The first-order valence-corrected chi connectivity index (χ1v) is 11.4. The lowest BCUT2D eigenvalue weighted by molar-refractivity contribution is -0.127. The number of carbonyl (C=O) groups is 3. The van der Waals surface area contributed by atoms with Crippen LogP contribution in [0.1, 0.15) is 79.1 Å². The van der Waals surface area contributed by atoms with Gasteiger partial charge >= 0.3 is 0 Å². The summed E-state index contributed by atoms with van der Waals surface area (Å²) in [5, 5.41) is 5.87. The van der Waals surface area contributed by atoms with Gasteiger partial charge in [0.25, 0.3) is 0 Å². The molecule has 0 atom stereocenters. The minimum atomic E-state index is -0.00481. The number of hydrogen-bond donors (Lipinski definition) is 2. The number of Topliss-reactive ketones (excluding diaryl/α,β-unsaturated/α-hetero) is 1. The highest BCUT2D eigenvalue weighted by Crippen LogP contribution is 2.30. The van der Waals surface area contributed by atoms with Crippen molar-refractivity contribution in [3.63, 3.8) is 0 Å². The van der Waals surface area contributed by atoms with Crippen LogP contribution in [-0.4, -0.2) is 43.9 Å². The smallest absolute Gasteiger partial charge is 0.220 e. The SMILES string of the molecule is CC(C)COCCCNC(=O)CCCC(=O)NCC1CCC(C(=O)C(C)C)CC1. The number of amides is 2. The molecule has 1 aliphatic carbocycles. The van der Waals surface area contributed by atoms with Crippen LogP contribution in [0.15, 0.2) is 0 Å². The van der Waals surface area contributed by atoms with Crippen molar-refractivity contribution in [1.82, 2.24) is 10.6 Å². The Morgan fingerprint density at radius 1 is 0.897 bits per heavy atom. The molecule has 0 heterocycles. The van der Waals surface area contributed by atoms with Crippen molar-refractivity contribution in [3.05, 3.63) is 0 Å². The Labute approximate surface area is 176 Å². The number of carbonyl (C=O) groups excluding carboxylic acids is 3. The molecule has 29 heavy (non-hydrogen) atoms. The van der Waals surface area contributed by atoms with Crippen molar-refractivity contribution < 1.29 is 19.1 Å². The van der Waals surface area contributed by atoms with Crippen LogP contribution in [0, 0.1) is 23.7 Å². The monoisotopic (exact) mass is 410 g/mol. The van der Waals surface area contributed by atoms with E-state index >= 15 is 0 Å². The molecule has 1 saturated carbocycles. The Morgan fingerprint density at radius 3 is 2.10 bits per heavy atom. The summed E-state index contributed by atoms with van der Waals surface area (Å²) in [5.41, 5.74) is 0. The zero-order valence-corrected chi connectivity index (χ0v) is 18.9. The average molecular weight is 411 g/mol. The summed E-state index contributed by atoms with van der Waals surface area (Å²) in [7, 11) is 0. The Hall–Kier alpha value is -1.43. The van der Waals surface area contributed by atoms with E-state index in [1.165, 1.54) is 0 Å². The van der Waals surface area contributed by atoms with Crippen LogP contribution >= 0.6 is 0 Å². The van der Waals surface area contributed by atoms with E-state index in [9.17, 15) is 14.4 Å². The molecule has 2 N–H and O–H groups in total. The lowest BCUT2D eigenvalue weighted by Crippen LogP contribution is -2.33. The molecule has 0 saturated heterocycles. The highest BCUT2D eigenvalue weighted by Gasteiger charge is 2.27. The summed E-state index contributed by atoms with van der Waals surface area (Å²) < 4.78 is 5.47. The highest BCUT2D eigenvalue weighted by molar-refractivity contribution is 5.82. The van der Waals surface area contributed by atoms with Gasteiger partial charge in [0.2, 0.25) is 11.8 Å². The molecule has 6 nitrogen and oxygen atoms in total. The summed E-state index contributed by atoms with van der Waals surface area (Å²) in [4.78, 5) is 35.9. The molecule has 168 valence electrons. The molecule has 2 amide bonds. The predicted molar refractivity (Wildman–Crippen MR) is 115 cm³/mol. The quantitative estimate of drug-likeness (QED) is 0.429. The zero-order valence-electron chi connectivity index (χ0n) is 18.9. The van der Waals surface area contributed by atoms with E-state index in [1.807, 2.05) is 13.8 Å². The van der Waals surface area contributed by atoms with E-state index in [0.29, 0.717) is 56.6 Å². The van der Waals surface area contributed by atoms with Crippen molar-refractivity contribution >= 4 is 17.6 Å². The summed E-state index contributed by atoms with van der Waals surface area (Å²) >= 11 is 0. The maximum absolute atomic E-state index is 12.1. The summed E-state index contributed by atoms with van der Waals surface area (Å²) in [5.74, 6) is 1.72. The van der Waals surface area contributed by atoms with E-state index < -0.39 is 0 Å². The van der Waals surface area contributed by atoms with Gasteiger partial charge in [-0.2, -0.15) is 0 Å². The van der Waals surface area contributed by atoms with Gasteiger partial charge in [-0.25, -0.2) is 0 Å². The predicted octanol–water partition coefficient (Wildman–Crippen LogP) is 3.48. The van der Waals surface area contributed by atoms with Gasteiger partial charge in [-0.1, -0.05) is 27.7 Å². The van der Waals surface area contributed by atoms with Gasteiger partial charge < -0.3 is 15.4 Å². The van der Waals surface area contributed by atoms with Crippen LogP contribution < -0.4 is 10.6 Å². The molecule has 1 rings (SSSR count). The van der Waals surface area contributed by atoms with Gasteiger partial charge in [0, 0.05) is 51.0 Å². The van der Waals surface area contributed by atoms with Crippen LogP contribution in [0.4, 0.5) is 0 Å². The Bertz CT molecular complexity index is 497. The van der Waals surface area contributed by atoms with E-state index in [-0.39, 0.29) is 23.7 Å².